The number of rotatable bonds is 4. The van der Waals surface area contributed by atoms with Gasteiger partial charge in [0.25, 0.3) is 0 Å². The number of hydrogen-bond acceptors (Lipinski definition) is 4. The summed E-state index contributed by atoms with van der Waals surface area (Å²) in [6.45, 7) is 20.1. The molecular formula is C38H41IrN3OSi-2. The van der Waals surface area contributed by atoms with Crippen LogP contribution in [0.25, 0.3) is 44.6 Å². The van der Waals surface area contributed by atoms with Gasteiger partial charge in [-0.1, -0.05) is 81.5 Å². The van der Waals surface area contributed by atoms with E-state index in [2.05, 4.69) is 114 Å². The monoisotopic (exact) mass is 776 g/mol. The van der Waals surface area contributed by atoms with E-state index in [-0.39, 0.29) is 25.5 Å². The summed E-state index contributed by atoms with van der Waals surface area (Å²) in [6.07, 6.45) is 6.70. The Morgan fingerprint density at radius 2 is 1.64 bits per heavy atom. The van der Waals surface area contributed by atoms with Crippen LogP contribution in [-0.2, 0) is 31.9 Å². The van der Waals surface area contributed by atoms with Crippen molar-refractivity contribution >= 4 is 35.3 Å². The summed E-state index contributed by atoms with van der Waals surface area (Å²) in [7, 11) is -1.62. The zero-order valence-corrected chi connectivity index (χ0v) is 30.6. The minimum atomic E-state index is -1.62. The molecule has 6 aromatic rings. The minimum absolute atomic E-state index is 0. The molecule has 4 heterocycles. The Morgan fingerprint density at radius 3 is 2.27 bits per heavy atom. The number of aryl methyl sites for hydroxylation is 3. The Kier molecular flexibility index (Phi) is 10.1. The van der Waals surface area contributed by atoms with Gasteiger partial charge >= 0.3 is 0 Å². The Bertz CT molecular complexity index is 1900. The van der Waals surface area contributed by atoms with Crippen LogP contribution in [0.15, 0.2) is 77.6 Å². The van der Waals surface area contributed by atoms with Gasteiger partial charge in [0.15, 0.2) is 0 Å². The SMILES string of the molecule is CCc1ccnc(-c2[c-]cc([Si](C)(C)C)c3c2oc2ncc(C(C)(C)C)cc23)c1.Cc1cnc(-c2[c-]cccc2)cc1C.[Ir]. The van der Waals surface area contributed by atoms with E-state index < -0.39 is 8.07 Å². The second-order valence-corrected chi connectivity index (χ2v) is 18.3. The normalized spacial score (nSPS) is 11.7. The maximum Gasteiger partial charge on any atom is 0.216 e. The fourth-order valence-electron chi connectivity index (χ4n) is 5.06. The van der Waals surface area contributed by atoms with Gasteiger partial charge in [0, 0.05) is 52.2 Å². The number of hydrogen-bond donors (Lipinski definition) is 0. The van der Waals surface area contributed by atoms with E-state index in [4.69, 9.17) is 9.40 Å². The molecule has 0 saturated carbocycles. The van der Waals surface area contributed by atoms with Gasteiger partial charge in [0.05, 0.1) is 5.58 Å². The Labute approximate surface area is 276 Å². The van der Waals surface area contributed by atoms with Crippen LogP contribution in [0, 0.1) is 26.0 Å². The van der Waals surface area contributed by atoms with E-state index in [0.717, 1.165) is 39.9 Å². The van der Waals surface area contributed by atoms with Crippen LogP contribution in [0.1, 0.15) is 49.9 Å². The van der Waals surface area contributed by atoms with Gasteiger partial charge in [0.2, 0.25) is 5.71 Å². The average Bonchev–Trinajstić information content (AvgIpc) is 3.37. The molecule has 0 atom stereocenters. The summed E-state index contributed by atoms with van der Waals surface area (Å²) in [5.41, 5.74) is 10.4. The van der Waals surface area contributed by atoms with E-state index >= 15 is 0 Å². The molecule has 0 aliphatic rings. The first kappa shape index (κ1) is 33.4. The first-order valence-electron chi connectivity index (χ1n) is 15.0. The van der Waals surface area contributed by atoms with Gasteiger partial charge in [0.1, 0.15) is 0 Å². The summed E-state index contributed by atoms with van der Waals surface area (Å²) in [4.78, 5) is 13.7. The third kappa shape index (κ3) is 7.09. The number of benzene rings is 2. The van der Waals surface area contributed by atoms with Gasteiger partial charge < -0.3 is 14.4 Å². The number of furan rings is 1. The van der Waals surface area contributed by atoms with Crippen LogP contribution in [0.4, 0.5) is 0 Å². The molecule has 4 nitrogen and oxygen atoms in total. The van der Waals surface area contributed by atoms with Crippen LogP contribution < -0.4 is 5.19 Å². The Hall–Kier alpha value is -3.44. The smallest absolute Gasteiger partial charge is 0.216 e. The fourth-order valence-corrected chi connectivity index (χ4v) is 6.56. The van der Waals surface area contributed by atoms with E-state index in [1.165, 1.54) is 32.8 Å². The predicted molar refractivity (Wildman–Crippen MR) is 183 cm³/mol. The minimum Gasteiger partial charge on any atom is -0.486 e. The van der Waals surface area contributed by atoms with E-state index in [0.29, 0.717) is 5.71 Å². The van der Waals surface area contributed by atoms with Gasteiger partial charge in [-0.2, -0.15) is 0 Å². The van der Waals surface area contributed by atoms with Gasteiger partial charge in [-0.15, -0.1) is 53.2 Å². The Morgan fingerprint density at radius 1 is 0.864 bits per heavy atom. The first-order valence-corrected chi connectivity index (χ1v) is 18.5. The van der Waals surface area contributed by atoms with Crippen molar-refractivity contribution in [3.63, 3.8) is 0 Å². The fraction of sp³-hybridized carbons (Fsp3) is 0.289. The third-order valence-electron chi connectivity index (χ3n) is 7.92. The summed E-state index contributed by atoms with van der Waals surface area (Å²) < 4.78 is 6.35. The van der Waals surface area contributed by atoms with Crippen molar-refractivity contribution < 1.29 is 24.5 Å². The quantitative estimate of drug-likeness (QED) is 0.132. The average molecular weight is 776 g/mol. The molecule has 44 heavy (non-hydrogen) atoms. The van der Waals surface area contributed by atoms with E-state index in [9.17, 15) is 0 Å². The van der Waals surface area contributed by atoms with E-state index in [1.807, 2.05) is 42.9 Å². The van der Waals surface area contributed by atoms with Crippen molar-refractivity contribution in [2.24, 2.45) is 0 Å². The number of aromatic nitrogens is 3. The number of pyridine rings is 3. The molecular weight excluding hydrogens is 735 g/mol. The molecule has 2 aromatic carbocycles. The zero-order valence-electron chi connectivity index (χ0n) is 27.2. The molecule has 0 saturated heterocycles. The topological polar surface area (TPSA) is 51.8 Å². The zero-order chi connectivity index (χ0) is 30.9. The van der Waals surface area contributed by atoms with Crippen molar-refractivity contribution in [3.8, 4) is 22.5 Å². The largest absolute Gasteiger partial charge is 0.486 e. The van der Waals surface area contributed by atoms with Crippen LogP contribution in [-0.4, -0.2) is 23.0 Å². The molecule has 1 radical (unpaired) electrons. The van der Waals surface area contributed by atoms with Crippen LogP contribution in [0.2, 0.25) is 19.6 Å². The van der Waals surface area contributed by atoms with Crippen molar-refractivity contribution in [2.75, 3.05) is 0 Å². The third-order valence-corrected chi connectivity index (χ3v) is 9.93. The van der Waals surface area contributed by atoms with Crippen LogP contribution >= 0.6 is 0 Å². The Balaban J connectivity index is 0.000000248. The van der Waals surface area contributed by atoms with Crippen molar-refractivity contribution in [2.45, 2.75) is 73.0 Å². The van der Waals surface area contributed by atoms with Crippen LogP contribution in [0.3, 0.4) is 0 Å². The van der Waals surface area contributed by atoms with Crippen molar-refractivity contribution in [1.29, 1.82) is 0 Å². The van der Waals surface area contributed by atoms with Gasteiger partial charge in [-0.3, -0.25) is 0 Å². The van der Waals surface area contributed by atoms with E-state index in [1.54, 1.807) is 0 Å². The molecule has 0 unspecified atom stereocenters. The second kappa shape index (κ2) is 13.3. The molecule has 0 amide bonds. The summed E-state index contributed by atoms with van der Waals surface area (Å²) >= 11 is 0. The molecule has 6 rings (SSSR count). The molecule has 0 spiro atoms. The van der Waals surface area contributed by atoms with Crippen molar-refractivity contribution in [1.82, 2.24) is 15.0 Å². The summed E-state index contributed by atoms with van der Waals surface area (Å²) in [6, 6.07) is 25.3. The second-order valence-electron chi connectivity index (χ2n) is 13.3. The maximum absolute atomic E-state index is 6.35. The molecule has 0 aliphatic carbocycles. The summed E-state index contributed by atoms with van der Waals surface area (Å²) in [5, 5.41) is 3.65. The standard InChI is InChI=1S/C25H29N2OSi.C13H12N.Ir/c1-8-16-11-12-26-20(13-16)18-9-10-21(29(5,6)7)22-19-14-17(25(2,3)4)15-27-24(19)28-23(18)22;1-10-8-13(14-9-11(10)2)12-6-4-3-5-7-12;/h10-15H,8H2,1-7H3;3-6,8-9H,1-2H3;/q2*-1;. The van der Waals surface area contributed by atoms with Gasteiger partial charge in [-0.25, -0.2) is 4.98 Å². The summed E-state index contributed by atoms with van der Waals surface area (Å²) in [5.74, 6) is 0. The molecule has 0 fully saturated rings. The molecule has 4 aromatic heterocycles. The van der Waals surface area contributed by atoms with Crippen molar-refractivity contribution in [3.05, 3.63) is 108 Å². The molecule has 229 valence electrons. The molecule has 0 bridgehead atoms. The predicted octanol–water partition coefficient (Wildman–Crippen LogP) is 9.41. The van der Waals surface area contributed by atoms with Crippen LogP contribution in [0.5, 0.6) is 0 Å². The number of nitrogens with zero attached hydrogens (tertiary/aromatic N) is 3. The molecule has 0 aliphatic heterocycles. The number of fused-ring (bicyclic) bond motifs is 3. The molecule has 6 heteroatoms. The van der Waals surface area contributed by atoms with Gasteiger partial charge in [-0.05, 0) is 60.3 Å². The molecule has 0 N–H and O–H groups in total. The first-order chi connectivity index (χ1) is 20.4. The maximum atomic E-state index is 6.35.